The summed E-state index contributed by atoms with van der Waals surface area (Å²) < 4.78 is 1.37. The van der Waals surface area contributed by atoms with Gasteiger partial charge in [-0.05, 0) is 6.07 Å². The monoisotopic (exact) mass is 218 g/mol. The fraction of sp³-hybridized carbons (Fsp3) is 0. The Labute approximate surface area is 89.5 Å². The SMILES string of the molecule is O=Cc1cnn(-c2ccc([N+](=O)[O-])cn2)c1. The third-order valence-corrected chi connectivity index (χ3v) is 1.92. The summed E-state index contributed by atoms with van der Waals surface area (Å²) in [5.41, 5.74) is 0.326. The normalized spacial score (nSPS) is 10.0. The summed E-state index contributed by atoms with van der Waals surface area (Å²) in [7, 11) is 0. The van der Waals surface area contributed by atoms with Crippen LogP contribution in [0, 0.1) is 10.1 Å². The molecule has 0 N–H and O–H groups in total. The van der Waals surface area contributed by atoms with E-state index in [9.17, 15) is 14.9 Å². The van der Waals surface area contributed by atoms with Crippen molar-refractivity contribution in [2.45, 2.75) is 0 Å². The van der Waals surface area contributed by atoms with Crippen molar-refractivity contribution in [3.05, 3.63) is 46.4 Å². The van der Waals surface area contributed by atoms with Crippen LogP contribution < -0.4 is 0 Å². The number of pyridine rings is 1. The summed E-state index contributed by atoms with van der Waals surface area (Å²) in [6.07, 6.45) is 4.67. The topological polar surface area (TPSA) is 90.9 Å². The van der Waals surface area contributed by atoms with Crippen molar-refractivity contribution in [3.63, 3.8) is 0 Å². The van der Waals surface area contributed by atoms with Gasteiger partial charge in [-0.2, -0.15) is 5.10 Å². The average molecular weight is 218 g/mol. The van der Waals surface area contributed by atoms with E-state index in [-0.39, 0.29) is 5.69 Å². The van der Waals surface area contributed by atoms with Gasteiger partial charge in [0.05, 0.1) is 16.7 Å². The van der Waals surface area contributed by atoms with Crippen molar-refractivity contribution in [1.29, 1.82) is 0 Å². The van der Waals surface area contributed by atoms with Gasteiger partial charge in [0.25, 0.3) is 5.69 Å². The Balaban J connectivity index is 2.34. The molecule has 16 heavy (non-hydrogen) atoms. The van der Waals surface area contributed by atoms with Crippen LogP contribution in [0.5, 0.6) is 0 Å². The molecule has 0 aromatic carbocycles. The van der Waals surface area contributed by atoms with Gasteiger partial charge in [0, 0.05) is 12.3 Å². The molecule has 2 heterocycles. The van der Waals surface area contributed by atoms with Gasteiger partial charge in [-0.3, -0.25) is 14.9 Å². The molecule has 2 aromatic heterocycles. The molecule has 0 unspecified atom stereocenters. The molecule has 0 aliphatic rings. The van der Waals surface area contributed by atoms with Crippen molar-refractivity contribution in [2.75, 3.05) is 0 Å². The van der Waals surface area contributed by atoms with Crippen LogP contribution in [0.4, 0.5) is 5.69 Å². The van der Waals surface area contributed by atoms with E-state index in [0.717, 1.165) is 6.20 Å². The molecule has 0 bridgehead atoms. The highest BCUT2D eigenvalue weighted by molar-refractivity contribution is 5.73. The summed E-state index contributed by atoms with van der Waals surface area (Å²) in [6.45, 7) is 0. The first-order chi connectivity index (χ1) is 7.70. The molecule has 0 amide bonds. The van der Waals surface area contributed by atoms with E-state index >= 15 is 0 Å². The molecule has 0 fully saturated rings. The number of hydrogen-bond donors (Lipinski definition) is 0. The molecular formula is C9H6N4O3. The molecule has 0 aliphatic carbocycles. The minimum Gasteiger partial charge on any atom is -0.298 e. The van der Waals surface area contributed by atoms with Gasteiger partial charge >= 0.3 is 0 Å². The van der Waals surface area contributed by atoms with Gasteiger partial charge in [-0.1, -0.05) is 0 Å². The lowest BCUT2D eigenvalue weighted by Crippen LogP contribution is -1.98. The third kappa shape index (κ3) is 1.78. The molecule has 2 aromatic rings. The highest BCUT2D eigenvalue weighted by Gasteiger charge is 2.06. The quantitative estimate of drug-likeness (QED) is 0.435. The number of carbonyl (C=O) groups excluding carboxylic acids is 1. The van der Waals surface area contributed by atoms with E-state index in [0.29, 0.717) is 17.7 Å². The maximum Gasteiger partial charge on any atom is 0.287 e. The Kier molecular flexibility index (Phi) is 2.42. The molecule has 2 rings (SSSR count). The number of aromatic nitrogens is 3. The first kappa shape index (κ1) is 9.97. The maximum atomic E-state index is 10.4. The van der Waals surface area contributed by atoms with Crippen LogP contribution in [0.2, 0.25) is 0 Å². The third-order valence-electron chi connectivity index (χ3n) is 1.92. The fourth-order valence-electron chi connectivity index (χ4n) is 1.14. The van der Waals surface area contributed by atoms with E-state index in [4.69, 9.17) is 0 Å². The fourth-order valence-corrected chi connectivity index (χ4v) is 1.14. The first-order valence-electron chi connectivity index (χ1n) is 4.31. The predicted molar refractivity (Wildman–Crippen MR) is 53.4 cm³/mol. The molecule has 0 aliphatic heterocycles. The minimum absolute atomic E-state index is 0.0912. The zero-order chi connectivity index (χ0) is 11.5. The van der Waals surface area contributed by atoms with Crippen LogP contribution in [-0.4, -0.2) is 26.0 Å². The first-order valence-corrected chi connectivity index (χ1v) is 4.31. The average Bonchev–Trinajstić information content (AvgIpc) is 2.77. The number of rotatable bonds is 3. The lowest BCUT2D eigenvalue weighted by Gasteiger charge is -1.98. The van der Waals surface area contributed by atoms with E-state index in [1.54, 1.807) is 0 Å². The Morgan fingerprint density at radius 3 is 2.69 bits per heavy atom. The van der Waals surface area contributed by atoms with Crippen LogP contribution >= 0.6 is 0 Å². The minimum atomic E-state index is -0.531. The zero-order valence-electron chi connectivity index (χ0n) is 7.98. The van der Waals surface area contributed by atoms with Crippen molar-refractivity contribution in [2.24, 2.45) is 0 Å². The van der Waals surface area contributed by atoms with Gasteiger partial charge in [-0.15, -0.1) is 0 Å². The number of nitrogens with zero attached hydrogens (tertiary/aromatic N) is 4. The summed E-state index contributed by atoms with van der Waals surface area (Å²) in [6, 6.07) is 2.78. The van der Waals surface area contributed by atoms with Gasteiger partial charge in [0.1, 0.15) is 6.20 Å². The maximum absolute atomic E-state index is 10.4. The molecular weight excluding hydrogens is 212 g/mol. The Morgan fingerprint density at radius 2 is 2.19 bits per heavy atom. The molecule has 7 heteroatoms. The lowest BCUT2D eigenvalue weighted by atomic mass is 10.4. The zero-order valence-corrected chi connectivity index (χ0v) is 7.98. The number of aldehydes is 1. The van der Waals surface area contributed by atoms with Crippen LogP contribution in [0.3, 0.4) is 0 Å². The summed E-state index contributed by atoms with van der Waals surface area (Å²) in [5.74, 6) is 0.415. The predicted octanol–water partition coefficient (Wildman–Crippen LogP) is 0.988. The second kappa shape index (κ2) is 3.89. The van der Waals surface area contributed by atoms with E-state index in [1.165, 1.54) is 29.2 Å². The molecule has 0 spiro atoms. The summed E-state index contributed by atoms with van der Waals surface area (Å²) in [5, 5.41) is 14.3. The van der Waals surface area contributed by atoms with E-state index < -0.39 is 4.92 Å². The number of hydrogen-bond acceptors (Lipinski definition) is 5. The van der Waals surface area contributed by atoms with Crippen molar-refractivity contribution >= 4 is 12.0 Å². The summed E-state index contributed by atoms with van der Waals surface area (Å²) in [4.78, 5) is 24.2. The van der Waals surface area contributed by atoms with Gasteiger partial charge < -0.3 is 0 Å². The second-order valence-electron chi connectivity index (χ2n) is 2.97. The molecule has 80 valence electrons. The van der Waals surface area contributed by atoms with Crippen molar-refractivity contribution < 1.29 is 9.72 Å². The van der Waals surface area contributed by atoms with Crippen LogP contribution in [-0.2, 0) is 0 Å². The highest BCUT2D eigenvalue weighted by Crippen LogP contribution is 2.11. The summed E-state index contributed by atoms with van der Waals surface area (Å²) >= 11 is 0. The van der Waals surface area contributed by atoms with Gasteiger partial charge in [0.2, 0.25) is 0 Å². The smallest absolute Gasteiger partial charge is 0.287 e. The van der Waals surface area contributed by atoms with Crippen molar-refractivity contribution in [1.82, 2.24) is 14.8 Å². The molecule has 0 saturated carbocycles. The Bertz CT molecular complexity index is 532. The van der Waals surface area contributed by atoms with Crippen molar-refractivity contribution in [3.8, 4) is 5.82 Å². The lowest BCUT2D eigenvalue weighted by molar-refractivity contribution is -0.385. The second-order valence-corrected chi connectivity index (χ2v) is 2.97. The molecule has 0 radical (unpaired) electrons. The Morgan fingerprint density at radius 1 is 1.38 bits per heavy atom. The number of nitro groups is 1. The molecule has 0 saturated heterocycles. The van der Waals surface area contributed by atoms with E-state index in [2.05, 4.69) is 10.1 Å². The van der Waals surface area contributed by atoms with Gasteiger partial charge in [-0.25, -0.2) is 9.67 Å². The molecule has 7 nitrogen and oxygen atoms in total. The molecule has 0 atom stereocenters. The van der Waals surface area contributed by atoms with E-state index in [1.807, 2.05) is 0 Å². The standard InChI is InChI=1S/C9H6N4O3/c14-6-7-3-11-12(5-7)9-2-1-8(4-10-9)13(15)16/h1-6H. The van der Waals surface area contributed by atoms with Gasteiger partial charge in [0.15, 0.2) is 12.1 Å². The van der Waals surface area contributed by atoms with Crippen LogP contribution in [0.1, 0.15) is 10.4 Å². The van der Waals surface area contributed by atoms with Crippen LogP contribution in [0.15, 0.2) is 30.7 Å². The van der Waals surface area contributed by atoms with Crippen LogP contribution in [0.25, 0.3) is 5.82 Å². The largest absolute Gasteiger partial charge is 0.298 e. The Hall–Kier alpha value is -2.57. The number of carbonyl (C=O) groups is 1. The highest BCUT2D eigenvalue weighted by atomic mass is 16.6.